The molecular formula is C16H12F2N4O. The van der Waals surface area contributed by atoms with Crippen molar-refractivity contribution in [2.75, 3.05) is 16.4 Å². The summed E-state index contributed by atoms with van der Waals surface area (Å²) < 4.78 is 26.5. The first-order chi connectivity index (χ1) is 11.0. The van der Waals surface area contributed by atoms with Gasteiger partial charge in [-0.05, 0) is 36.4 Å². The van der Waals surface area contributed by atoms with Crippen LogP contribution < -0.4 is 16.4 Å². The lowest BCUT2D eigenvalue weighted by Crippen LogP contribution is -2.14. The second-order valence-corrected chi connectivity index (χ2v) is 4.51. The quantitative estimate of drug-likeness (QED) is 0.459. The van der Waals surface area contributed by atoms with Gasteiger partial charge in [-0.1, -0.05) is 0 Å². The van der Waals surface area contributed by atoms with Gasteiger partial charge in [-0.2, -0.15) is 5.26 Å². The van der Waals surface area contributed by atoms with E-state index in [0.29, 0.717) is 11.4 Å². The average Bonchev–Trinajstić information content (AvgIpc) is 2.53. The molecule has 0 radical (unpaired) electrons. The summed E-state index contributed by atoms with van der Waals surface area (Å²) >= 11 is 0. The van der Waals surface area contributed by atoms with Gasteiger partial charge in [0, 0.05) is 23.6 Å². The zero-order chi connectivity index (χ0) is 16.8. The Kier molecular flexibility index (Phi) is 4.89. The van der Waals surface area contributed by atoms with E-state index >= 15 is 0 Å². The summed E-state index contributed by atoms with van der Waals surface area (Å²) in [4.78, 5) is 12.0. The zero-order valence-corrected chi connectivity index (χ0v) is 11.8. The fourth-order valence-corrected chi connectivity index (χ4v) is 1.67. The van der Waals surface area contributed by atoms with Crippen molar-refractivity contribution < 1.29 is 13.6 Å². The molecule has 23 heavy (non-hydrogen) atoms. The molecule has 0 unspecified atom stereocenters. The van der Waals surface area contributed by atoms with Gasteiger partial charge in [0.15, 0.2) is 0 Å². The number of halogens is 2. The number of nitrogens with one attached hydrogen (secondary N) is 2. The van der Waals surface area contributed by atoms with E-state index in [2.05, 4.69) is 10.6 Å². The monoisotopic (exact) mass is 314 g/mol. The molecule has 0 aromatic heterocycles. The molecule has 0 fully saturated rings. The van der Waals surface area contributed by atoms with Crippen LogP contribution in [0.1, 0.15) is 0 Å². The maximum absolute atomic E-state index is 13.5. The van der Waals surface area contributed by atoms with Crippen LogP contribution >= 0.6 is 0 Å². The molecule has 1 amide bonds. The molecule has 0 spiro atoms. The largest absolute Gasteiger partial charge is 0.399 e. The van der Waals surface area contributed by atoms with E-state index in [9.17, 15) is 13.6 Å². The number of benzene rings is 2. The second-order valence-electron chi connectivity index (χ2n) is 4.51. The highest BCUT2D eigenvalue weighted by Gasteiger charge is 2.10. The molecule has 7 heteroatoms. The Balaban J connectivity index is 2.12. The lowest BCUT2D eigenvalue weighted by molar-refractivity contribution is -0.112. The number of nitrogen functional groups attached to an aromatic ring is 1. The van der Waals surface area contributed by atoms with Crippen LogP contribution in [-0.4, -0.2) is 5.91 Å². The van der Waals surface area contributed by atoms with Crippen LogP contribution in [0.25, 0.3) is 0 Å². The molecule has 0 saturated carbocycles. The van der Waals surface area contributed by atoms with Crippen molar-refractivity contribution in [2.24, 2.45) is 0 Å². The number of nitrogens with zero attached hydrogens (tertiary/aromatic N) is 1. The predicted octanol–water partition coefficient (Wildman–Crippen LogP) is 3.01. The van der Waals surface area contributed by atoms with Crippen molar-refractivity contribution in [1.29, 1.82) is 5.26 Å². The van der Waals surface area contributed by atoms with Crippen molar-refractivity contribution in [2.45, 2.75) is 0 Å². The first-order valence-corrected chi connectivity index (χ1v) is 6.48. The number of amides is 1. The fraction of sp³-hybridized carbons (Fsp3) is 0. The van der Waals surface area contributed by atoms with E-state index in [0.717, 1.165) is 24.4 Å². The highest BCUT2D eigenvalue weighted by atomic mass is 19.1. The highest BCUT2D eigenvalue weighted by Crippen LogP contribution is 2.16. The third-order valence-electron chi connectivity index (χ3n) is 2.83. The molecule has 0 heterocycles. The summed E-state index contributed by atoms with van der Waals surface area (Å²) in [7, 11) is 0. The molecule has 2 aromatic carbocycles. The number of anilines is 3. The van der Waals surface area contributed by atoms with Gasteiger partial charge < -0.3 is 16.4 Å². The molecule has 4 N–H and O–H groups in total. The predicted molar refractivity (Wildman–Crippen MR) is 83.2 cm³/mol. The van der Waals surface area contributed by atoms with Gasteiger partial charge in [-0.15, -0.1) is 0 Å². The average molecular weight is 314 g/mol. The Bertz CT molecular complexity index is 795. The molecule has 116 valence electrons. The maximum Gasteiger partial charge on any atom is 0.267 e. The summed E-state index contributed by atoms with van der Waals surface area (Å²) in [6.45, 7) is 0. The molecule has 5 nitrogen and oxygen atoms in total. The van der Waals surface area contributed by atoms with Gasteiger partial charge in [-0.25, -0.2) is 8.78 Å². The molecule has 0 atom stereocenters. The minimum Gasteiger partial charge on any atom is -0.399 e. The normalized spacial score (nSPS) is 10.7. The number of hydrogen-bond acceptors (Lipinski definition) is 4. The number of hydrogen-bond donors (Lipinski definition) is 3. The standard InChI is InChI=1S/C16H12F2N4O/c17-11-1-6-14(18)15(7-11)21-9-10(8-19)16(23)22-13-4-2-12(20)3-5-13/h1-7,9,21H,20H2,(H,22,23)/b10-9-. The van der Waals surface area contributed by atoms with Crippen LogP contribution in [0.4, 0.5) is 25.8 Å². The molecule has 2 rings (SSSR count). The zero-order valence-electron chi connectivity index (χ0n) is 11.8. The number of rotatable bonds is 4. The third kappa shape index (κ3) is 4.28. The molecule has 0 aliphatic heterocycles. The molecule has 0 aliphatic carbocycles. The van der Waals surface area contributed by atoms with E-state index in [-0.39, 0.29) is 11.3 Å². The van der Waals surface area contributed by atoms with E-state index in [1.54, 1.807) is 30.3 Å². The van der Waals surface area contributed by atoms with E-state index < -0.39 is 17.5 Å². The molecule has 0 aliphatic rings. The van der Waals surface area contributed by atoms with Crippen LogP contribution in [0.2, 0.25) is 0 Å². The van der Waals surface area contributed by atoms with Gasteiger partial charge in [0.05, 0.1) is 5.69 Å². The van der Waals surface area contributed by atoms with Crippen molar-refractivity contribution >= 4 is 23.0 Å². The van der Waals surface area contributed by atoms with Gasteiger partial charge in [0.1, 0.15) is 23.3 Å². The summed E-state index contributed by atoms with van der Waals surface area (Å²) in [6.07, 6.45) is 1.00. The highest BCUT2D eigenvalue weighted by molar-refractivity contribution is 6.06. The topological polar surface area (TPSA) is 90.9 Å². The van der Waals surface area contributed by atoms with Crippen molar-refractivity contribution in [3.05, 3.63) is 65.9 Å². The number of nitriles is 1. The Morgan fingerprint density at radius 3 is 2.52 bits per heavy atom. The molecule has 0 bridgehead atoms. The van der Waals surface area contributed by atoms with Crippen LogP contribution in [0.5, 0.6) is 0 Å². The Hall–Kier alpha value is -3.40. The van der Waals surface area contributed by atoms with Gasteiger partial charge in [0.25, 0.3) is 5.91 Å². The summed E-state index contributed by atoms with van der Waals surface area (Å²) in [5, 5.41) is 13.9. The summed E-state index contributed by atoms with van der Waals surface area (Å²) in [5.41, 5.74) is 6.02. The number of nitrogens with two attached hydrogens (primary N) is 1. The van der Waals surface area contributed by atoms with Crippen molar-refractivity contribution in [3.8, 4) is 6.07 Å². The molecular weight excluding hydrogens is 302 g/mol. The first-order valence-electron chi connectivity index (χ1n) is 6.48. The Labute approximate surface area is 131 Å². The minimum atomic E-state index is -0.709. The Morgan fingerprint density at radius 1 is 1.17 bits per heavy atom. The first kappa shape index (κ1) is 16.0. The third-order valence-corrected chi connectivity index (χ3v) is 2.83. The lowest BCUT2D eigenvalue weighted by Gasteiger charge is -2.06. The van der Waals surface area contributed by atoms with Gasteiger partial charge >= 0.3 is 0 Å². The molecule has 2 aromatic rings. The van der Waals surface area contributed by atoms with Crippen LogP contribution in [-0.2, 0) is 4.79 Å². The number of carbonyl (C=O) groups excluding carboxylic acids is 1. The van der Waals surface area contributed by atoms with Crippen molar-refractivity contribution in [1.82, 2.24) is 0 Å². The maximum atomic E-state index is 13.5. The van der Waals surface area contributed by atoms with Crippen molar-refractivity contribution in [3.63, 3.8) is 0 Å². The fourth-order valence-electron chi connectivity index (χ4n) is 1.67. The van der Waals surface area contributed by atoms with Crippen LogP contribution in [0.3, 0.4) is 0 Å². The van der Waals surface area contributed by atoms with Gasteiger partial charge in [-0.3, -0.25) is 4.79 Å². The second kappa shape index (κ2) is 7.04. The Morgan fingerprint density at radius 2 is 1.87 bits per heavy atom. The van der Waals surface area contributed by atoms with E-state index in [4.69, 9.17) is 11.0 Å². The van der Waals surface area contributed by atoms with Gasteiger partial charge in [0.2, 0.25) is 0 Å². The summed E-state index contributed by atoms with van der Waals surface area (Å²) in [5.74, 6) is -2.05. The smallest absolute Gasteiger partial charge is 0.267 e. The molecule has 0 saturated heterocycles. The van der Waals surface area contributed by atoms with Crippen LogP contribution in [0, 0.1) is 23.0 Å². The SMILES string of the molecule is N#C/C(=C/Nc1cc(F)ccc1F)C(=O)Nc1ccc(N)cc1. The summed E-state index contributed by atoms with van der Waals surface area (Å²) in [6, 6.07) is 10.8. The lowest BCUT2D eigenvalue weighted by atomic mass is 10.2. The van der Waals surface area contributed by atoms with Crippen LogP contribution in [0.15, 0.2) is 54.2 Å². The minimum absolute atomic E-state index is 0.182. The van der Waals surface area contributed by atoms with E-state index in [1.165, 1.54) is 0 Å². The van der Waals surface area contributed by atoms with E-state index in [1.807, 2.05) is 0 Å². The number of carbonyl (C=O) groups is 1.